The molecule has 25 heavy (non-hydrogen) atoms. The van der Waals surface area contributed by atoms with E-state index in [-0.39, 0.29) is 17.7 Å². The molecule has 0 saturated carbocycles. The average molecular weight is 345 g/mol. The smallest absolute Gasteiger partial charge is 0.322 e. The first-order valence-corrected chi connectivity index (χ1v) is 9.54. The largest absolute Gasteiger partial charge is 0.372 e. The van der Waals surface area contributed by atoms with E-state index in [1.165, 1.54) is 25.7 Å². The molecule has 0 spiro atoms. The first-order chi connectivity index (χ1) is 12.0. The molecule has 138 valence electrons. The van der Waals surface area contributed by atoms with E-state index >= 15 is 0 Å². The second-order valence-electron chi connectivity index (χ2n) is 7.67. The van der Waals surface area contributed by atoms with Crippen LogP contribution in [0.1, 0.15) is 46.5 Å². The van der Waals surface area contributed by atoms with Gasteiger partial charge in [0.15, 0.2) is 0 Å². The molecule has 0 aromatic heterocycles. The van der Waals surface area contributed by atoms with Gasteiger partial charge in [0.2, 0.25) is 0 Å². The van der Waals surface area contributed by atoms with E-state index in [2.05, 4.69) is 29.3 Å². The minimum absolute atomic E-state index is 0.0339. The zero-order valence-electron chi connectivity index (χ0n) is 15.8. The normalized spacial score (nSPS) is 23.9. The van der Waals surface area contributed by atoms with Crippen molar-refractivity contribution in [2.45, 2.75) is 58.1 Å². The van der Waals surface area contributed by atoms with Crippen molar-refractivity contribution >= 4 is 17.4 Å². The van der Waals surface area contributed by atoms with E-state index < -0.39 is 0 Å². The summed E-state index contributed by atoms with van der Waals surface area (Å²) in [6, 6.07) is 8.17. The lowest BCUT2D eigenvalue weighted by Crippen LogP contribution is -2.58. The second-order valence-corrected chi connectivity index (χ2v) is 7.67. The van der Waals surface area contributed by atoms with E-state index in [0.717, 1.165) is 24.5 Å². The number of ether oxygens (including phenoxy) is 1. The van der Waals surface area contributed by atoms with Gasteiger partial charge in [0.1, 0.15) is 0 Å². The summed E-state index contributed by atoms with van der Waals surface area (Å²) in [5.74, 6) is 0. The molecule has 2 saturated heterocycles. The molecule has 5 nitrogen and oxygen atoms in total. The van der Waals surface area contributed by atoms with E-state index in [4.69, 9.17) is 4.74 Å². The summed E-state index contributed by atoms with van der Waals surface area (Å²) in [4.78, 5) is 17.2. The molecule has 1 aromatic rings. The maximum absolute atomic E-state index is 12.9. The number of amides is 2. The van der Waals surface area contributed by atoms with E-state index in [1.54, 1.807) is 0 Å². The summed E-state index contributed by atoms with van der Waals surface area (Å²) in [6.45, 7) is 9.48. The number of anilines is 2. The van der Waals surface area contributed by atoms with Crippen LogP contribution in [0.2, 0.25) is 0 Å². The van der Waals surface area contributed by atoms with Gasteiger partial charge in [0.05, 0.1) is 29.6 Å². The molecule has 0 radical (unpaired) electrons. The summed E-state index contributed by atoms with van der Waals surface area (Å²) in [5, 5.41) is 3.16. The molecule has 2 heterocycles. The second kappa shape index (κ2) is 7.65. The Morgan fingerprint density at radius 3 is 2.52 bits per heavy atom. The van der Waals surface area contributed by atoms with Crippen molar-refractivity contribution in [3.05, 3.63) is 24.3 Å². The van der Waals surface area contributed by atoms with Gasteiger partial charge in [-0.25, -0.2) is 4.79 Å². The molecule has 1 unspecified atom stereocenters. The van der Waals surface area contributed by atoms with Crippen LogP contribution < -0.4 is 10.2 Å². The zero-order chi connectivity index (χ0) is 17.9. The lowest BCUT2D eigenvalue weighted by atomic mass is 9.97. The predicted octanol–water partition coefficient (Wildman–Crippen LogP) is 4.10. The van der Waals surface area contributed by atoms with Crippen molar-refractivity contribution in [1.82, 2.24) is 4.90 Å². The number of nitrogens with zero attached hydrogens (tertiary/aromatic N) is 2. The van der Waals surface area contributed by atoms with Gasteiger partial charge < -0.3 is 19.9 Å². The van der Waals surface area contributed by atoms with Crippen molar-refractivity contribution in [2.24, 2.45) is 0 Å². The Kier molecular flexibility index (Phi) is 5.52. The number of hydrogen-bond acceptors (Lipinski definition) is 3. The fourth-order valence-electron chi connectivity index (χ4n) is 3.73. The molecule has 0 bridgehead atoms. The highest BCUT2D eigenvalue weighted by Gasteiger charge is 2.38. The summed E-state index contributed by atoms with van der Waals surface area (Å²) >= 11 is 0. The number of morpholine rings is 1. The molecule has 5 heteroatoms. The van der Waals surface area contributed by atoms with Crippen molar-refractivity contribution in [2.75, 3.05) is 36.5 Å². The molecule has 2 aliphatic rings. The Balaban J connectivity index is 1.75. The number of urea groups is 1. The van der Waals surface area contributed by atoms with Crippen molar-refractivity contribution in [3.63, 3.8) is 0 Å². The SMILES string of the molecule is CC1N(C(=O)Nc2ccccc2N2CCCCCC2)CCOC1(C)C. The third-order valence-corrected chi connectivity index (χ3v) is 5.63. The zero-order valence-corrected chi connectivity index (χ0v) is 15.8. The summed E-state index contributed by atoms with van der Waals surface area (Å²) < 4.78 is 5.81. The Morgan fingerprint density at radius 1 is 1.12 bits per heavy atom. The fourth-order valence-corrected chi connectivity index (χ4v) is 3.73. The molecule has 1 aromatic carbocycles. The lowest BCUT2D eigenvalue weighted by molar-refractivity contribution is -0.105. The Labute approximate surface area is 151 Å². The quantitative estimate of drug-likeness (QED) is 0.878. The Morgan fingerprint density at radius 2 is 1.80 bits per heavy atom. The summed E-state index contributed by atoms with van der Waals surface area (Å²) in [7, 11) is 0. The van der Waals surface area contributed by atoms with Gasteiger partial charge in [-0.1, -0.05) is 25.0 Å². The molecule has 1 atom stereocenters. The third kappa shape index (κ3) is 4.09. The summed E-state index contributed by atoms with van der Waals surface area (Å²) in [6.07, 6.45) is 5.03. The maximum Gasteiger partial charge on any atom is 0.322 e. The highest BCUT2D eigenvalue weighted by atomic mass is 16.5. The van der Waals surface area contributed by atoms with Crippen LogP contribution in [0.15, 0.2) is 24.3 Å². The van der Waals surface area contributed by atoms with E-state index in [9.17, 15) is 4.79 Å². The van der Waals surface area contributed by atoms with Gasteiger partial charge in [-0.05, 0) is 45.7 Å². The van der Waals surface area contributed by atoms with Gasteiger partial charge in [-0.3, -0.25) is 0 Å². The molecule has 2 aliphatic heterocycles. The number of benzene rings is 1. The van der Waals surface area contributed by atoms with Crippen molar-refractivity contribution in [1.29, 1.82) is 0 Å². The molecule has 2 amide bonds. The third-order valence-electron chi connectivity index (χ3n) is 5.63. The van der Waals surface area contributed by atoms with Crippen LogP contribution in [0.25, 0.3) is 0 Å². The van der Waals surface area contributed by atoms with Crippen LogP contribution in [0.4, 0.5) is 16.2 Å². The molecule has 1 N–H and O–H groups in total. The lowest BCUT2D eigenvalue weighted by Gasteiger charge is -2.44. The number of nitrogens with one attached hydrogen (secondary N) is 1. The van der Waals surface area contributed by atoms with Gasteiger partial charge in [-0.15, -0.1) is 0 Å². The monoisotopic (exact) mass is 345 g/mol. The molecule has 2 fully saturated rings. The van der Waals surface area contributed by atoms with Crippen LogP contribution in [-0.4, -0.2) is 48.8 Å². The number of rotatable bonds is 2. The first-order valence-electron chi connectivity index (χ1n) is 9.54. The Bertz CT molecular complexity index is 594. The minimum atomic E-state index is -0.320. The van der Waals surface area contributed by atoms with Gasteiger partial charge in [0, 0.05) is 19.6 Å². The van der Waals surface area contributed by atoms with Crippen LogP contribution >= 0.6 is 0 Å². The molecular weight excluding hydrogens is 314 g/mol. The number of para-hydroxylation sites is 2. The highest BCUT2D eigenvalue weighted by molar-refractivity contribution is 5.93. The standard InChI is InChI=1S/C20H31N3O2/c1-16-20(2,3)25-15-14-23(16)19(24)21-17-10-6-7-11-18(17)22-12-8-4-5-9-13-22/h6-7,10-11,16H,4-5,8-9,12-15H2,1-3H3,(H,21,24). The van der Waals surface area contributed by atoms with Crippen LogP contribution in [-0.2, 0) is 4.74 Å². The fraction of sp³-hybridized carbons (Fsp3) is 0.650. The summed E-state index contributed by atoms with van der Waals surface area (Å²) in [5.41, 5.74) is 1.73. The van der Waals surface area contributed by atoms with E-state index in [1.807, 2.05) is 30.9 Å². The van der Waals surface area contributed by atoms with Gasteiger partial charge in [0.25, 0.3) is 0 Å². The minimum Gasteiger partial charge on any atom is -0.372 e. The number of carbonyl (C=O) groups excluding carboxylic acids is 1. The van der Waals surface area contributed by atoms with Crippen LogP contribution in [0.3, 0.4) is 0 Å². The van der Waals surface area contributed by atoms with Crippen LogP contribution in [0.5, 0.6) is 0 Å². The topological polar surface area (TPSA) is 44.8 Å². The number of carbonyl (C=O) groups is 1. The molecule has 3 rings (SSSR count). The van der Waals surface area contributed by atoms with Crippen molar-refractivity contribution in [3.8, 4) is 0 Å². The number of hydrogen-bond donors (Lipinski definition) is 1. The van der Waals surface area contributed by atoms with Crippen molar-refractivity contribution < 1.29 is 9.53 Å². The maximum atomic E-state index is 12.9. The highest BCUT2D eigenvalue weighted by Crippen LogP contribution is 2.30. The Hall–Kier alpha value is -1.75. The van der Waals surface area contributed by atoms with Crippen LogP contribution in [0, 0.1) is 0 Å². The predicted molar refractivity (Wildman–Crippen MR) is 102 cm³/mol. The average Bonchev–Trinajstić information content (AvgIpc) is 2.87. The van der Waals surface area contributed by atoms with Gasteiger partial charge >= 0.3 is 6.03 Å². The van der Waals surface area contributed by atoms with E-state index in [0.29, 0.717) is 13.2 Å². The van der Waals surface area contributed by atoms with Gasteiger partial charge in [-0.2, -0.15) is 0 Å². The molecule has 0 aliphatic carbocycles. The molecular formula is C20H31N3O2. The first kappa shape index (κ1) is 18.1.